The molecule has 1 aromatic heterocycles. The largest absolute Gasteiger partial charge is 0.489 e. The summed E-state index contributed by atoms with van der Waals surface area (Å²) < 4.78 is 17.5. The number of aromatic amines is 1. The topological polar surface area (TPSA) is 99.6 Å². The molecule has 1 aliphatic rings. The molecule has 8 nitrogen and oxygen atoms in total. The molecule has 9 heteroatoms. The second-order valence-electron chi connectivity index (χ2n) is 6.76. The summed E-state index contributed by atoms with van der Waals surface area (Å²) >= 11 is 6.20. The van der Waals surface area contributed by atoms with Gasteiger partial charge in [0.1, 0.15) is 0 Å². The Labute approximate surface area is 175 Å². The fourth-order valence-electron chi connectivity index (χ4n) is 3.22. The number of ether oxygens (including phenoxy) is 3. The average molecular weight is 431 g/mol. The molecule has 0 saturated heterocycles. The number of esters is 1. The third-order valence-corrected chi connectivity index (χ3v) is 4.97. The maximum atomic E-state index is 12.5. The first-order valence-electron chi connectivity index (χ1n) is 9.53. The number of para-hydroxylation sites is 1. The Kier molecular flexibility index (Phi) is 5.76. The van der Waals surface area contributed by atoms with E-state index in [1.54, 1.807) is 24.3 Å². The van der Waals surface area contributed by atoms with Crippen LogP contribution in [0.25, 0.3) is 10.9 Å². The number of hydrogen-bond acceptors (Lipinski definition) is 6. The predicted octanol–water partition coefficient (Wildman–Crippen LogP) is 2.75. The summed E-state index contributed by atoms with van der Waals surface area (Å²) in [4.78, 5) is 39.7. The van der Waals surface area contributed by atoms with Crippen LogP contribution in [0.4, 0.5) is 0 Å². The molecule has 2 heterocycles. The molecule has 1 aliphatic heterocycles. The molecule has 30 heavy (non-hydrogen) atoms. The van der Waals surface area contributed by atoms with Crippen LogP contribution in [0, 0.1) is 0 Å². The van der Waals surface area contributed by atoms with Gasteiger partial charge in [-0.1, -0.05) is 23.7 Å². The van der Waals surface area contributed by atoms with Gasteiger partial charge in [-0.05, 0) is 30.7 Å². The van der Waals surface area contributed by atoms with Crippen molar-refractivity contribution >= 4 is 28.5 Å². The minimum absolute atomic E-state index is 0.0314. The van der Waals surface area contributed by atoms with Crippen molar-refractivity contribution in [3.63, 3.8) is 0 Å². The lowest BCUT2D eigenvalue weighted by Crippen LogP contribution is -2.35. The van der Waals surface area contributed by atoms with Gasteiger partial charge in [0.05, 0.1) is 41.3 Å². The summed E-state index contributed by atoms with van der Waals surface area (Å²) in [7, 11) is 0. The van der Waals surface area contributed by atoms with E-state index in [2.05, 4.69) is 4.98 Å². The Balaban J connectivity index is 1.41. The highest BCUT2D eigenvalue weighted by molar-refractivity contribution is 6.32. The highest BCUT2D eigenvalue weighted by atomic mass is 35.5. The molecule has 2 aromatic carbocycles. The van der Waals surface area contributed by atoms with E-state index < -0.39 is 11.7 Å². The van der Waals surface area contributed by atoms with Gasteiger partial charge in [0.25, 0.3) is 5.56 Å². The number of aromatic nitrogens is 2. The summed E-state index contributed by atoms with van der Waals surface area (Å²) in [5.41, 5.74) is -0.151. The highest BCUT2D eigenvalue weighted by Crippen LogP contribution is 2.38. The second kappa shape index (κ2) is 8.62. The van der Waals surface area contributed by atoms with Gasteiger partial charge in [0, 0.05) is 13.0 Å². The molecule has 1 N–H and O–H groups in total. The standard InChI is InChI=1S/C21H19ClN2O6/c22-15-11-13(12-17-18(15)29-10-4-9-28-17)20(26)30-8-3-7-24-19(25)14-5-1-2-6-16(14)23-21(24)27/h1-2,5-6,11-12H,3-4,7-10H2,(H,23,27). The zero-order valence-electron chi connectivity index (χ0n) is 16.0. The predicted molar refractivity (Wildman–Crippen MR) is 111 cm³/mol. The van der Waals surface area contributed by atoms with E-state index in [0.29, 0.717) is 42.0 Å². The first-order chi connectivity index (χ1) is 14.5. The number of benzene rings is 2. The van der Waals surface area contributed by atoms with Gasteiger partial charge in [-0.15, -0.1) is 0 Å². The lowest BCUT2D eigenvalue weighted by atomic mass is 10.2. The SMILES string of the molecule is O=C(OCCCn1c(=O)[nH]c2ccccc2c1=O)c1cc(Cl)c2c(c1)OCCCO2. The maximum Gasteiger partial charge on any atom is 0.338 e. The van der Waals surface area contributed by atoms with Crippen LogP contribution in [0.5, 0.6) is 11.5 Å². The Morgan fingerprint density at radius 2 is 1.97 bits per heavy atom. The van der Waals surface area contributed by atoms with Crippen molar-refractivity contribution < 1.29 is 19.0 Å². The average Bonchev–Trinajstić information content (AvgIpc) is 2.99. The number of carbonyl (C=O) groups is 1. The van der Waals surface area contributed by atoms with E-state index >= 15 is 0 Å². The van der Waals surface area contributed by atoms with Crippen LogP contribution in [0.2, 0.25) is 5.02 Å². The van der Waals surface area contributed by atoms with Crippen molar-refractivity contribution in [3.05, 3.63) is 67.8 Å². The van der Waals surface area contributed by atoms with E-state index in [4.69, 9.17) is 25.8 Å². The smallest absolute Gasteiger partial charge is 0.338 e. The Hall–Kier alpha value is -3.26. The number of H-pyrrole nitrogens is 1. The van der Waals surface area contributed by atoms with E-state index in [-0.39, 0.29) is 29.3 Å². The molecule has 0 spiro atoms. The third kappa shape index (κ3) is 4.04. The van der Waals surface area contributed by atoms with E-state index in [1.165, 1.54) is 12.1 Å². The molecule has 0 fully saturated rings. The summed E-state index contributed by atoms with van der Waals surface area (Å²) in [5.74, 6) is 0.245. The highest BCUT2D eigenvalue weighted by Gasteiger charge is 2.19. The molecule has 0 bridgehead atoms. The van der Waals surface area contributed by atoms with Gasteiger partial charge in [-0.25, -0.2) is 9.59 Å². The van der Waals surface area contributed by atoms with Gasteiger partial charge >= 0.3 is 11.7 Å². The van der Waals surface area contributed by atoms with Crippen LogP contribution in [0.15, 0.2) is 46.0 Å². The fourth-order valence-corrected chi connectivity index (χ4v) is 3.49. The molecule has 0 saturated carbocycles. The Bertz CT molecular complexity index is 1220. The van der Waals surface area contributed by atoms with Gasteiger partial charge in [-0.2, -0.15) is 0 Å². The third-order valence-electron chi connectivity index (χ3n) is 4.69. The molecule has 3 aromatic rings. The van der Waals surface area contributed by atoms with Crippen molar-refractivity contribution in [2.45, 2.75) is 19.4 Å². The monoisotopic (exact) mass is 430 g/mol. The first kappa shape index (κ1) is 20.0. The van der Waals surface area contributed by atoms with E-state index in [1.807, 2.05) is 0 Å². The number of fused-ring (bicyclic) bond motifs is 2. The molecule has 4 rings (SSSR count). The van der Waals surface area contributed by atoms with Crippen LogP contribution in [0.1, 0.15) is 23.2 Å². The van der Waals surface area contributed by atoms with Gasteiger partial charge in [0.2, 0.25) is 0 Å². The van der Waals surface area contributed by atoms with Crippen LogP contribution in [-0.4, -0.2) is 35.3 Å². The van der Waals surface area contributed by atoms with Crippen molar-refractivity contribution in [3.8, 4) is 11.5 Å². The van der Waals surface area contributed by atoms with Crippen LogP contribution in [0.3, 0.4) is 0 Å². The number of halogens is 1. The van der Waals surface area contributed by atoms with Crippen LogP contribution in [-0.2, 0) is 11.3 Å². The molecule has 0 atom stereocenters. The summed E-state index contributed by atoms with van der Waals surface area (Å²) in [5, 5.41) is 0.700. The number of nitrogens with zero attached hydrogens (tertiary/aromatic N) is 1. The summed E-state index contributed by atoms with van der Waals surface area (Å²) in [6.07, 6.45) is 1.02. The second-order valence-corrected chi connectivity index (χ2v) is 7.17. The molecular weight excluding hydrogens is 412 g/mol. The lowest BCUT2D eigenvalue weighted by Gasteiger charge is -2.11. The van der Waals surface area contributed by atoms with E-state index in [0.717, 1.165) is 11.0 Å². The maximum absolute atomic E-state index is 12.5. The van der Waals surface area contributed by atoms with Gasteiger partial charge in [0.15, 0.2) is 11.5 Å². The van der Waals surface area contributed by atoms with Crippen molar-refractivity contribution in [2.75, 3.05) is 19.8 Å². The molecule has 0 unspecified atom stereocenters. The molecule has 156 valence electrons. The minimum atomic E-state index is -0.577. The molecule has 0 radical (unpaired) electrons. The Morgan fingerprint density at radius 1 is 1.17 bits per heavy atom. The van der Waals surface area contributed by atoms with Crippen LogP contribution < -0.4 is 20.7 Å². The first-order valence-corrected chi connectivity index (χ1v) is 9.90. The van der Waals surface area contributed by atoms with Gasteiger partial charge in [-0.3, -0.25) is 9.36 Å². The zero-order valence-corrected chi connectivity index (χ0v) is 16.7. The Morgan fingerprint density at radius 3 is 2.83 bits per heavy atom. The number of carbonyl (C=O) groups excluding carboxylic acids is 1. The van der Waals surface area contributed by atoms with Crippen molar-refractivity contribution in [2.24, 2.45) is 0 Å². The minimum Gasteiger partial charge on any atom is -0.489 e. The fraction of sp³-hybridized carbons (Fsp3) is 0.286. The van der Waals surface area contributed by atoms with Crippen LogP contribution >= 0.6 is 11.6 Å². The quantitative estimate of drug-likeness (QED) is 0.493. The van der Waals surface area contributed by atoms with E-state index in [9.17, 15) is 14.4 Å². The number of nitrogens with one attached hydrogen (secondary N) is 1. The van der Waals surface area contributed by atoms with Crippen molar-refractivity contribution in [1.82, 2.24) is 9.55 Å². The lowest BCUT2D eigenvalue weighted by molar-refractivity contribution is 0.0495. The number of rotatable bonds is 5. The molecule has 0 aliphatic carbocycles. The molecular formula is C21H19ClN2O6. The van der Waals surface area contributed by atoms with Gasteiger partial charge < -0.3 is 19.2 Å². The summed E-state index contributed by atoms with van der Waals surface area (Å²) in [6, 6.07) is 9.80. The number of hydrogen-bond donors (Lipinski definition) is 1. The normalized spacial score (nSPS) is 13.1. The van der Waals surface area contributed by atoms with Crippen molar-refractivity contribution in [1.29, 1.82) is 0 Å². The molecule has 0 amide bonds. The summed E-state index contributed by atoms with van der Waals surface area (Å²) in [6.45, 7) is 1.11. The zero-order chi connectivity index (χ0) is 21.1.